The first-order chi connectivity index (χ1) is 6.24. The van der Waals surface area contributed by atoms with Crippen molar-refractivity contribution in [1.29, 1.82) is 0 Å². The zero-order valence-electron chi connectivity index (χ0n) is 7.60. The molecule has 0 unspecified atom stereocenters. The summed E-state index contributed by atoms with van der Waals surface area (Å²) in [4.78, 5) is 0. The molecule has 0 radical (unpaired) electrons. The average Bonchev–Trinajstić information content (AvgIpc) is 2.15. The molecule has 0 saturated heterocycles. The lowest BCUT2D eigenvalue weighted by Crippen LogP contribution is -2.24. The fourth-order valence-electron chi connectivity index (χ4n) is 0.941. The smallest absolute Gasteiger partial charge is 0.119 e. The molecule has 0 saturated carbocycles. The van der Waals surface area contributed by atoms with Crippen molar-refractivity contribution in [3.63, 3.8) is 0 Å². The number of hydrazine groups is 1. The number of nitrogens with zero attached hydrogens (tertiary/aromatic N) is 1. The Morgan fingerprint density at radius 2 is 2.00 bits per heavy atom. The number of benzene rings is 1. The van der Waals surface area contributed by atoms with E-state index in [1.165, 1.54) is 5.01 Å². The van der Waals surface area contributed by atoms with Crippen LogP contribution in [0.1, 0.15) is 0 Å². The summed E-state index contributed by atoms with van der Waals surface area (Å²) in [6.45, 7) is 0.344. The normalized spacial score (nSPS) is 9.77. The second-order valence-electron chi connectivity index (χ2n) is 2.68. The van der Waals surface area contributed by atoms with Gasteiger partial charge in [0.05, 0.1) is 12.3 Å². The highest BCUT2D eigenvalue weighted by Gasteiger charge is 1.96. The van der Waals surface area contributed by atoms with Gasteiger partial charge in [-0.1, -0.05) is 0 Å². The minimum Gasteiger partial charge on any atom is -0.491 e. The van der Waals surface area contributed by atoms with Crippen LogP contribution in [0.4, 0.5) is 5.69 Å². The zero-order chi connectivity index (χ0) is 9.68. The second kappa shape index (κ2) is 4.69. The molecule has 0 aliphatic carbocycles. The van der Waals surface area contributed by atoms with Crippen LogP contribution < -0.4 is 15.6 Å². The van der Waals surface area contributed by atoms with Crippen LogP contribution in [0.15, 0.2) is 24.3 Å². The lowest BCUT2D eigenvalue weighted by atomic mass is 10.3. The van der Waals surface area contributed by atoms with Gasteiger partial charge in [0.2, 0.25) is 0 Å². The van der Waals surface area contributed by atoms with Crippen molar-refractivity contribution in [1.82, 2.24) is 0 Å². The zero-order valence-corrected chi connectivity index (χ0v) is 7.60. The van der Waals surface area contributed by atoms with E-state index >= 15 is 0 Å². The summed E-state index contributed by atoms with van der Waals surface area (Å²) >= 11 is 0. The molecular weight excluding hydrogens is 168 g/mol. The quantitative estimate of drug-likeness (QED) is 0.521. The Labute approximate surface area is 77.5 Å². The van der Waals surface area contributed by atoms with Crippen LogP contribution in [0, 0.1) is 0 Å². The lowest BCUT2D eigenvalue weighted by molar-refractivity contribution is 0.201. The largest absolute Gasteiger partial charge is 0.491 e. The van der Waals surface area contributed by atoms with Gasteiger partial charge in [0.1, 0.15) is 12.4 Å². The molecule has 1 aromatic rings. The highest BCUT2D eigenvalue weighted by atomic mass is 16.5. The first-order valence-electron chi connectivity index (χ1n) is 4.06. The number of ether oxygens (including phenoxy) is 1. The Balaban J connectivity index is 2.59. The van der Waals surface area contributed by atoms with Gasteiger partial charge in [0.15, 0.2) is 0 Å². The molecule has 0 aliphatic heterocycles. The Morgan fingerprint density at radius 1 is 1.38 bits per heavy atom. The SMILES string of the molecule is CN(N)c1ccc(OCCO)cc1. The van der Waals surface area contributed by atoms with Crippen LogP contribution in [0.3, 0.4) is 0 Å². The predicted molar refractivity (Wildman–Crippen MR) is 51.6 cm³/mol. The van der Waals surface area contributed by atoms with Crippen molar-refractivity contribution in [3.05, 3.63) is 24.3 Å². The number of aliphatic hydroxyl groups excluding tert-OH is 1. The third-order valence-electron chi connectivity index (χ3n) is 1.60. The fraction of sp³-hybridized carbons (Fsp3) is 0.333. The van der Waals surface area contributed by atoms with Crippen LogP contribution in [0.5, 0.6) is 5.75 Å². The van der Waals surface area contributed by atoms with Crippen LogP contribution in [0.2, 0.25) is 0 Å². The second-order valence-corrected chi connectivity index (χ2v) is 2.68. The molecule has 0 bridgehead atoms. The van der Waals surface area contributed by atoms with Crippen LogP contribution >= 0.6 is 0 Å². The number of nitrogens with two attached hydrogens (primary N) is 1. The topological polar surface area (TPSA) is 58.7 Å². The van der Waals surface area contributed by atoms with Crippen molar-refractivity contribution >= 4 is 5.69 Å². The molecule has 13 heavy (non-hydrogen) atoms. The van der Waals surface area contributed by atoms with Crippen molar-refractivity contribution < 1.29 is 9.84 Å². The highest BCUT2D eigenvalue weighted by molar-refractivity contribution is 5.46. The molecule has 1 aromatic carbocycles. The molecule has 0 spiro atoms. The third kappa shape index (κ3) is 2.93. The number of anilines is 1. The molecule has 4 heteroatoms. The summed E-state index contributed by atoms with van der Waals surface area (Å²) in [7, 11) is 1.77. The standard InChI is InChI=1S/C9H14N2O2/c1-11(10)8-2-4-9(5-3-8)13-7-6-12/h2-5,12H,6-7,10H2,1H3. The Morgan fingerprint density at radius 3 is 2.46 bits per heavy atom. The van der Waals surface area contributed by atoms with E-state index < -0.39 is 0 Å². The van der Waals surface area contributed by atoms with Gasteiger partial charge in [-0.15, -0.1) is 0 Å². The van der Waals surface area contributed by atoms with E-state index in [1.807, 2.05) is 24.3 Å². The van der Waals surface area contributed by atoms with Gasteiger partial charge < -0.3 is 14.9 Å². The van der Waals surface area contributed by atoms with Gasteiger partial charge in [-0.25, -0.2) is 5.84 Å². The Kier molecular flexibility index (Phi) is 3.54. The molecule has 0 atom stereocenters. The lowest BCUT2D eigenvalue weighted by Gasteiger charge is -2.12. The molecule has 72 valence electrons. The van der Waals surface area contributed by atoms with Gasteiger partial charge >= 0.3 is 0 Å². The molecule has 0 aliphatic rings. The number of aliphatic hydroxyl groups is 1. The van der Waals surface area contributed by atoms with Gasteiger partial charge in [-0.3, -0.25) is 0 Å². The molecule has 0 fully saturated rings. The summed E-state index contributed by atoms with van der Waals surface area (Å²) in [5.41, 5.74) is 0.913. The molecule has 3 N–H and O–H groups in total. The van der Waals surface area contributed by atoms with Crippen molar-refractivity contribution in [2.24, 2.45) is 5.84 Å². The molecule has 0 amide bonds. The van der Waals surface area contributed by atoms with Crippen LogP contribution in [-0.2, 0) is 0 Å². The summed E-state index contributed by atoms with van der Waals surface area (Å²) < 4.78 is 5.18. The van der Waals surface area contributed by atoms with Crippen LogP contribution in [-0.4, -0.2) is 25.4 Å². The molecule has 0 aromatic heterocycles. The van der Waals surface area contributed by atoms with Crippen molar-refractivity contribution in [2.75, 3.05) is 25.3 Å². The maximum absolute atomic E-state index is 8.52. The molecule has 1 rings (SSSR count). The number of rotatable bonds is 4. The van der Waals surface area contributed by atoms with E-state index in [1.54, 1.807) is 7.05 Å². The third-order valence-corrected chi connectivity index (χ3v) is 1.60. The average molecular weight is 182 g/mol. The summed E-state index contributed by atoms with van der Waals surface area (Å²) in [5, 5.41) is 10.0. The minimum atomic E-state index is 0.0263. The Hall–Kier alpha value is -1.26. The van der Waals surface area contributed by atoms with E-state index in [0.29, 0.717) is 6.61 Å². The van der Waals surface area contributed by atoms with Crippen molar-refractivity contribution in [3.8, 4) is 5.75 Å². The van der Waals surface area contributed by atoms with E-state index in [9.17, 15) is 0 Å². The predicted octanol–water partition coefficient (Wildman–Crippen LogP) is 0.368. The van der Waals surface area contributed by atoms with Crippen molar-refractivity contribution in [2.45, 2.75) is 0 Å². The molecule has 0 heterocycles. The van der Waals surface area contributed by atoms with E-state index in [0.717, 1.165) is 11.4 Å². The van der Waals surface area contributed by atoms with Gasteiger partial charge in [0, 0.05) is 7.05 Å². The summed E-state index contributed by atoms with van der Waals surface area (Å²) in [5.74, 6) is 6.25. The first-order valence-corrected chi connectivity index (χ1v) is 4.06. The highest BCUT2D eigenvalue weighted by Crippen LogP contribution is 2.16. The van der Waals surface area contributed by atoms with Crippen LogP contribution in [0.25, 0.3) is 0 Å². The summed E-state index contributed by atoms with van der Waals surface area (Å²) in [6, 6.07) is 7.34. The monoisotopic (exact) mass is 182 g/mol. The van der Waals surface area contributed by atoms with Gasteiger partial charge in [0.25, 0.3) is 0 Å². The fourth-order valence-corrected chi connectivity index (χ4v) is 0.941. The van der Waals surface area contributed by atoms with E-state index in [-0.39, 0.29) is 6.61 Å². The summed E-state index contributed by atoms with van der Waals surface area (Å²) in [6.07, 6.45) is 0. The van der Waals surface area contributed by atoms with E-state index in [2.05, 4.69) is 0 Å². The number of hydrogen-bond donors (Lipinski definition) is 2. The van der Waals surface area contributed by atoms with Gasteiger partial charge in [-0.05, 0) is 24.3 Å². The Bertz CT molecular complexity index is 246. The minimum absolute atomic E-state index is 0.0263. The van der Waals surface area contributed by atoms with Gasteiger partial charge in [-0.2, -0.15) is 0 Å². The number of hydrogen-bond acceptors (Lipinski definition) is 4. The molecule has 4 nitrogen and oxygen atoms in total. The van der Waals surface area contributed by atoms with E-state index in [4.69, 9.17) is 15.7 Å². The maximum Gasteiger partial charge on any atom is 0.119 e. The molecular formula is C9H14N2O2. The first kappa shape index (κ1) is 9.83. The maximum atomic E-state index is 8.52.